The minimum absolute atomic E-state index is 0.428. The quantitative estimate of drug-likeness (QED) is 0.906. The summed E-state index contributed by atoms with van der Waals surface area (Å²) in [6, 6.07) is 6.27. The van der Waals surface area contributed by atoms with E-state index < -0.39 is 0 Å². The van der Waals surface area contributed by atoms with Gasteiger partial charge in [0.05, 0.1) is 10.7 Å². The minimum Gasteiger partial charge on any atom is -0.310 e. The highest BCUT2D eigenvalue weighted by molar-refractivity contribution is 6.32. The van der Waals surface area contributed by atoms with Crippen LogP contribution in [0.15, 0.2) is 30.9 Å². The summed E-state index contributed by atoms with van der Waals surface area (Å²) in [5.41, 5.74) is 2.00. The number of benzene rings is 1. The van der Waals surface area contributed by atoms with Gasteiger partial charge in [-0.05, 0) is 11.6 Å². The molecule has 5 heteroatoms. The molecule has 0 fully saturated rings. The monoisotopic (exact) mass is 250 g/mol. The Balaban J connectivity index is 2.35. The Kier molecular flexibility index (Phi) is 3.76. The molecule has 0 saturated heterocycles. The highest BCUT2D eigenvalue weighted by Gasteiger charge is 2.09. The molecule has 0 aliphatic heterocycles. The van der Waals surface area contributed by atoms with Gasteiger partial charge in [0.15, 0.2) is 0 Å². The number of rotatable bonds is 4. The molecule has 0 bridgehead atoms. The molecule has 1 aromatic heterocycles. The molecule has 0 amide bonds. The molecule has 1 N–H and O–H groups in total. The van der Waals surface area contributed by atoms with Crippen LogP contribution in [0.2, 0.25) is 5.02 Å². The fourth-order valence-corrected chi connectivity index (χ4v) is 1.88. The van der Waals surface area contributed by atoms with E-state index in [4.69, 9.17) is 11.6 Å². The van der Waals surface area contributed by atoms with Crippen molar-refractivity contribution in [1.82, 2.24) is 20.1 Å². The van der Waals surface area contributed by atoms with Gasteiger partial charge in [-0.3, -0.25) is 0 Å². The molecule has 0 saturated carbocycles. The van der Waals surface area contributed by atoms with Crippen LogP contribution in [-0.2, 0) is 6.54 Å². The van der Waals surface area contributed by atoms with Gasteiger partial charge in [-0.25, -0.2) is 9.67 Å². The summed E-state index contributed by atoms with van der Waals surface area (Å²) in [6.45, 7) is 4.98. The predicted octanol–water partition coefficient (Wildman–Crippen LogP) is 2.42. The zero-order valence-electron chi connectivity index (χ0n) is 9.89. The maximum Gasteiger partial charge on any atom is 0.138 e. The van der Waals surface area contributed by atoms with Crippen molar-refractivity contribution in [3.05, 3.63) is 41.4 Å². The molecule has 1 aromatic carbocycles. The number of nitrogens with zero attached hydrogens (tertiary/aromatic N) is 3. The number of para-hydroxylation sites is 1. The summed E-state index contributed by atoms with van der Waals surface area (Å²) in [5.74, 6) is 0. The highest BCUT2D eigenvalue weighted by Crippen LogP contribution is 2.23. The predicted molar refractivity (Wildman–Crippen MR) is 68.3 cm³/mol. The van der Waals surface area contributed by atoms with Gasteiger partial charge in [-0.2, -0.15) is 5.10 Å². The first-order valence-corrected chi connectivity index (χ1v) is 5.92. The van der Waals surface area contributed by atoms with Crippen molar-refractivity contribution in [2.45, 2.75) is 26.4 Å². The maximum atomic E-state index is 6.22. The highest BCUT2D eigenvalue weighted by atomic mass is 35.5. The molecule has 0 spiro atoms. The van der Waals surface area contributed by atoms with Gasteiger partial charge in [0.2, 0.25) is 0 Å². The van der Waals surface area contributed by atoms with Crippen molar-refractivity contribution in [1.29, 1.82) is 0 Å². The van der Waals surface area contributed by atoms with Crippen molar-refractivity contribution in [2.75, 3.05) is 0 Å². The zero-order valence-corrected chi connectivity index (χ0v) is 10.6. The number of hydrogen-bond acceptors (Lipinski definition) is 3. The molecule has 2 rings (SSSR count). The van der Waals surface area contributed by atoms with Crippen LogP contribution in [0, 0.1) is 0 Å². The Morgan fingerprint density at radius 3 is 2.88 bits per heavy atom. The lowest BCUT2D eigenvalue weighted by molar-refractivity contribution is 0.586. The maximum absolute atomic E-state index is 6.22. The van der Waals surface area contributed by atoms with Crippen LogP contribution in [0.1, 0.15) is 19.4 Å². The molecule has 0 radical (unpaired) electrons. The Labute approximate surface area is 106 Å². The Hall–Kier alpha value is -1.39. The molecule has 1 heterocycles. The van der Waals surface area contributed by atoms with Crippen molar-refractivity contribution in [3.63, 3.8) is 0 Å². The molecule has 17 heavy (non-hydrogen) atoms. The summed E-state index contributed by atoms with van der Waals surface area (Å²) in [7, 11) is 0. The molecular formula is C12H15ClN4. The molecule has 0 aliphatic rings. The molecular weight excluding hydrogens is 236 g/mol. The van der Waals surface area contributed by atoms with Crippen LogP contribution in [0.4, 0.5) is 0 Å². The SMILES string of the molecule is CC(C)NCc1cccc(Cl)c1-n1cncn1. The summed E-state index contributed by atoms with van der Waals surface area (Å²) in [4.78, 5) is 3.95. The fraction of sp³-hybridized carbons (Fsp3) is 0.333. The second kappa shape index (κ2) is 5.29. The van der Waals surface area contributed by atoms with E-state index in [2.05, 4.69) is 29.2 Å². The Morgan fingerprint density at radius 1 is 1.41 bits per heavy atom. The van der Waals surface area contributed by atoms with Gasteiger partial charge >= 0.3 is 0 Å². The Bertz CT molecular complexity index is 479. The van der Waals surface area contributed by atoms with E-state index in [1.54, 1.807) is 11.0 Å². The topological polar surface area (TPSA) is 42.7 Å². The van der Waals surface area contributed by atoms with Gasteiger partial charge in [0.1, 0.15) is 12.7 Å². The van der Waals surface area contributed by atoms with Crippen LogP contribution in [0.25, 0.3) is 5.69 Å². The standard InChI is InChI=1S/C12H15ClN4/c1-9(2)15-6-10-4-3-5-11(13)12(10)17-8-14-7-16-17/h3-5,7-9,15H,6H2,1-2H3. The number of hydrogen-bond donors (Lipinski definition) is 1. The lowest BCUT2D eigenvalue weighted by atomic mass is 10.1. The summed E-state index contributed by atoms with van der Waals surface area (Å²) >= 11 is 6.22. The average molecular weight is 251 g/mol. The van der Waals surface area contributed by atoms with Crippen LogP contribution >= 0.6 is 11.6 Å². The third kappa shape index (κ3) is 2.84. The van der Waals surface area contributed by atoms with Crippen molar-refractivity contribution >= 4 is 11.6 Å². The zero-order chi connectivity index (χ0) is 12.3. The number of halogens is 1. The van der Waals surface area contributed by atoms with Gasteiger partial charge in [-0.15, -0.1) is 0 Å². The lowest BCUT2D eigenvalue weighted by Gasteiger charge is -2.13. The Morgan fingerprint density at radius 2 is 2.24 bits per heavy atom. The third-order valence-corrected chi connectivity index (χ3v) is 2.72. The summed E-state index contributed by atoms with van der Waals surface area (Å²) in [6.07, 6.45) is 3.16. The fourth-order valence-electron chi connectivity index (χ4n) is 1.60. The molecule has 2 aromatic rings. The number of aromatic nitrogens is 3. The van der Waals surface area contributed by atoms with E-state index in [1.807, 2.05) is 18.2 Å². The van der Waals surface area contributed by atoms with E-state index in [-0.39, 0.29) is 0 Å². The van der Waals surface area contributed by atoms with Crippen LogP contribution in [0.5, 0.6) is 0 Å². The number of nitrogens with one attached hydrogen (secondary N) is 1. The first-order chi connectivity index (χ1) is 8.18. The van der Waals surface area contributed by atoms with Gasteiger partial charge < -0.3 is 5.32 Å². The first-order valence-electron chi connectivity index (χ1n) is 5.54. The second-order valence-electron chi connectivity index (χ2n) is 4.12. The van der Waals surface area contributed by atoms with E-state index >= 15 is 0 Å². The largest absolute Gasteiger partial charge is 0.310 e. The van der Waals surface area contributed by atoms with Crippen molar-refractivity contribution < 1.29 is 0 Å². The van der Waals surface area contributed by atoms with Crippen LogP contribution in [-0.4, -0.2) is 20.8 Å². The third-order valence-electron chi connectivity index (χ3n) is 2.42. The van der Waals surface area contributed by atoms with E-state index in [0.29, 0.717) is 11.1 Å². The smallest absolute Gasteiger partial charge is 0.138 e. The van der Waals surface area contributed by atoms with Crippen LogP contribution in [0.3, 0.4) is 0 Å². The van der Waals surface area contributed by atoms with Crippen LogP contribution < -0.4 is 5.32 Å². The summed E-state index contributed by atoms with van der Waals surface area (Å²) in [5, 5.41) is 8.18. The van der Waals surface area contributed by atoms with Crippen molar-refractivity contribution in [2.24, 2.45) is 0 Å². The first kappa shape index (κ1) is 12.1. The van der Waals surface area contributed by atoms with E-state index in [0.717, 1.165) is 17.8 Å². The van der Waals surface area contributed by atoms with Gasteiger partial charge in [-0.1, -0.05) is 37.6 Å². The van der Waals surface area contributed by atoms with E-state index in [9.17, 15) is 0 Å². The minimum atomic E-state index is 0.428. The van der Waals surface area contributed by atoms with E-state index in [1.165, 1.54) is 6.33 Å². The van der Waals surface area contributed by atoms with Crippen molar-refractivity contribution in [3.8, 4) is 5.69 Å². The molecule has 0 aliphatic carbocycles. The molecule has 4 nitrogen and oxygen atoms in total. The summed E-state index contributed by atoms with van der Waals surface area (Å²) < 4.78 is 1.69. The normalized spacial score (nSPS) is 11.1. The molecule has 90 valence electrons. The lowest BCUT2D eigenvalue weighted by Crippen LogP contribution is -2.22. The molecule has 0 unspecified atom stereocenters. The van der Waals surface area contributed by atoms with Gasteiger partial charge in [0, 0.05) is 12.6 Å². The van der Waals surface area contributed by atoms with Gasteiger partial charge in [0.25, 0.3) is 0 Å². The second-order valence-corrected chi connectivity index (χ2v) is 4.53. The molecule has 0 atom stereocenters. The average Bonchev–Trinajstić information content (AvgIpc) is 2.79.